The van der Waals surface area contributed by atoms with Crippen molar-refractivity contribution in [1.82, 2.24) is 9.21 Å². The number of anilines is 1. The zero-order valence-corrected chi connectivity index (χ0v) is 20.6. The number of sulfonamides is 1. The van der Waals surface area contributed by atoms with Gasteiger partial charge in [-0.1, -0.05) is 36.6 Å². The molecule has 7 nitrogen and oxygen atoms in total. The lowest BCUT2D eigenvalue weighted by atomic mass is 10.1. The van der Waals surface area contributed by atoms with Gasteiger partial charge in [0.2, 0.25) is 10.0 Å². The van der Waals surface area contributed by atoms with E-state index in [9.17, 15) is 18.0 Å². The lowest BCUT2D eigenvalue weighted by Gasteiger charge is -2.21. The number of hydrogen-bond donors (Lipinski definition) is 1. The molecule has 1 aliphatic heterocycles. The number of para-hydroxylation sites is 1. The van der Waals surface area contributed by atoms with Gasteiger partial charge in [-0.05, 0) is 57.0 Å². The van der Waals surface area contributed by atoms with Crippen LogP contribution in [0.2, 0.25) is 5.02 Å². The molecule has 2 aromatic carbocycles. The molecule has 0 aromatic heterocycles. The Balaban J connectivity index is 1.90. The minimum Gasteiger partial charge on any atom is -0.339 e. The smallest absolute Gasteiger partial charge is 0.257 e. The maximum absolute atomic E-state index is 13.2. The summed E-state index contributed by atoms with van der Waals surface area (Å²) < 4.78 is 27.8. The van der Waals surface area contributed by atoms with Crippen LogP contribution in [-0.4, -0.2) is 55.6 Å². The molecule has 0 aliphatic carbocycles. The summed E-state index contributed by atoms with van der Waals surface area (Å²) in [5.74, 6) is -0.771. The van der Waals surface area contributed by atoms with Crippen molar-refractivity contribution in [3.05, 3.63) is 58.6 Å². The summed E-state index contributed by atoms with van der Waals surface area (Å²) in [5, 5.41) is 2.87. The van der Waals surface area contributed by atoms with Gasteiger partial charge in [-0.2, -0.15) is 4.31 Å². The van der Waals surface area contributed by atoms with Gasteiger partial charge in [0.15, 0.2) is 0 Å². The van der Waals surface area contributed by atoms with E-state index < -0.39 is 15.9 Å². The highest BCUT2D eigenvalue weighted by atomic mass is 35.5. The fourth-order valence-corrected chi connectivity index (χ4v) is 5.67. The quantitative estimate of drug-likeness (QED) is 0.611. The lowest BCUT2D eigenvalue weighted by molar-refractivity contribution is 0.0774. The van der Waals surface area contributed by atoms with Gasteiger partial charge < -0.3 is 10.2 Å². The summed E-state index contributed by atoms with van der Waals surface area (Å²) in [6.07, 6.45) is 3.65. The van der Waals surface area contributed by atoms with E-state index in [0.717, 1.165) is 25.7 Å². The molecular formula is C24H30ClN3O4S. The van der Waals surface area contributed by atoms with Crippen LogP contribution in [0.5, 0.6) is 0 Å². The van der Waals surface area contributed by atoms with Crippen molar-refractivity contribution < 1.29 is 18.0 Å². The van der Waals surface area contributed by atoms with Crippen LogP contribution in [-0.2, 0) is 10.0 Å². The highest BCUT2D eigenvalue weighted by Gasteiger charge is 2.27. The number of benzene rings is 2. The van der Waals surface area contributed by atoms with E-state index in [1.165, 1.54) is 22.5 Å². The normalized spacial score (nSPS) is 15.0. The molecule has 1 aliphatic rings. The van der Waals surface area contributed by atoms with Crippen LogP contribution in [0, 0.1) is 0 Å². The van der Waals surface area contributed by atoms with Gasteiger partial charge in [-0.15, -0.1) is 0 Å². The Kier molecular flexibility index (Phi) is 8.51. The summed E-state index contributed by atoms with van der Waals surface area (Å²) in [6.45, 7) is 5.79. The second-order valence-corrected chi connectivity index (χ2v) is 10.3. The lowest BCUT2D eigenvalue weighted by Crippen LogP contribution is -2.32. The van der Waals surface area contributed by atoms with Gasteiger partial charge >= 0.3 is 0 Å². The van der Waals surface area contributed by atoms with E-state index in [1.54, 1.807) is 29.2 Å². The predicted molar refractivity (Wildman–Crippen MR) is 130 cm³/mol. The molecule has 2 amide bonds. The van der Waals surface area contributed by atoms with Crippen LogP contribution < -0.4 is 5.32 Å². The summed E-state index contributed by atoms with van der Waals surface area (Å²) in [5.41, 5.74) is 0.743. The van der Waals surface area contributed by atoms with Gasteiger partial charge in [0, 0.05) is 26.2 Å². The predicted octanol–water partition coefficient (Wildman–Crippen LogP) is 4.64. The summed E-state index contributed by atoms with van der Waals surface area (Å²) in [4.78, 5) is 27.7. The van der Waals surface area contributed by atoms with Gasteiger partial charge in [-0.25, -0.2) is 8.42 Å². The number of carbonyl (C=O) groups is 2. The molecule has 0 atom stereocenters. The monoisotopic (exact) mass is 491 g/mol. The number of halogens is 1. The third kappa shape index (κ3) is 5.75. The molecule has 1 saturated heterocycles. The van der Waals surface area contributed by atoms with Crippen molar-refractivity contribution in [2.24, 2.45) is 0 Å². The van der Waals surface area contributed by atoms with E-state index in [2.05, 4.69) is 5.32 Å². The maximum atomic E-state index is 13.2. The Morgan fingerprint density at radius 3 is 2.24 bits per heavy atom. The van der Waals surface area contributed by atoms with Crippen LogP contribution in [0.1, 0.15) is 60.2 Å². The van der Waals surface area contributed by atoms with E-state index in [0.29, 0.717) is 37.4 Å². The molecule has 1 fully saturated rings. The van der Waals surface area contributed by atoms with Crippen molar-refractivity contribution in [3.63, 3.8) is 0 Å². The Morgan fingerprint density at radius 1 is 0.970 bits per heavy atom. The van der Waals surface area contributed by atoms with Crippen LogP contribution in [0.25, 0.3) is 0 Å². The first-order valence-electron chi connectivity index (χ1n) is 11.3. The summed E-state index contributed by atoms with van der Waals surface area (Å²) in [7, 11) is -3.74. The highest BCUT2D eigenvalue weighted by molar-refractivity contribution is 7.89. The third-order valence-electron chi connectivity index (χ3n) is 5.84. The molecule has 178 valence electrons. The Labute approximate surface area is 200 Å². The minimum absolute atomic E-state index is 0.0338. The standard InChI is InChI=1S/C24H30ClN3O4S/c1-3-27(4-2)24(30)19-11-7-8-12-22(19)26-23(29)20-17-18(13-14-21(20)25)33(31,32)28-15-9-5-6-10-16-28/h7-8,11-14,17H,3-6,9-10,15-16H2,1-2H3,(H,26,29). The zero-order chi connectivity index (χ0) is 24.0. The summed E-state index contributed by atoms with van der Waals surface area (Å²) in [6, 6.07) is 10.9. The van der Waals surface area contributed by atoms with Crippen LogP contribution in [0.15, 0.2) is 47.4 Å². The molecule has 0 radical (unpaired) electrons. The molecule has 3 rings (SSSR count). The first-order chi connectivity index (χ1) is 15.8. The van der Waals surface area contributed by atoms with Gasteiger partial charge in [0.1, 0.15) is 0 Å². The fourth-order valence-electron chi connectivity index (χ4n) is 3.92. The molecular weight excluding hydrogens is 462 g/mol. The molecule has 0 saturated carbocycles. The number of carbonyl (C=O) groups excluding carboxylic acids is 2. The van der Waals surface area contributed by atoms with E-state index in [-0.39, 0.29) is 21.4 Å². The first-order valence-corrected chi connectivity index (χ1v) is 13.1. The third-order valence-corrected chi connectivity index (χ3v) is 8.07. The molecule has 1 heterocycles. The summed E-state index contributed by atoms with van der Waals surface area (Å²) >= 11 is 6.27. The fraction of sp³-hybridized carbons (Fsp3) is 0.417. The van der Waals surface area contributed by atoms with E-state index in [4.69, 9.17) is 11.6 Å². The molecule has 0 spiro atoms. The Morgan fingerprint density at radius 2 is 1.61 bits per heavy atom. The second kappa shape index (κ2) is 11.1. The number of rotatable bonds is 7. The average molecular weight is 492 g/mol. The molecule has 2 aromatic rings. The van der Waals surface area contributed by atoms with Crippen molar-refractivity contribution in [1.29, 1.82) is 0 Å². The van der Waals surface area contributed by atoms with E-state index in [1.807, 2.05) is 13.8 Å². The molecule has 0 unspecified atom stereocenters. The zero-order valence-electron chi connectivity index (χ0n) is 19.0. The van der Waals surface area contributed by atoms with Gasteiger partial charge in [0.05, 0.1) is 26.7 Å². The van der Waals surface area contributed by atoms with Crippen molar-refractivity contribution >= 4 is 39.1 Å². The average Bonchev–Trinajstić information content (AvgIpc) is 3.10. The minimum atomic E-state index is -3.74. The maximum Gasteiger partial charge on any atom is 0.257 e. The Bertz CT molecular complexity index is 1110. The number of nitrogens with one attached hydrogen (secondary N) is 1. The van der Waals surface area contributed by atoms with Crippen LogP contribution in [0.4, 0.5) is 5.69 Å². The first kappa shape index (κ1) is 25.2. The highest BCUT2D eigenvalue weighted by Crippen LogP contribution is 2.26. The molecule has 9 heteroatoms. The number of amides is 2. The number of nitrogens with zero attached hydrogens (tertiary/aromatic N) is 2. The van der Waals surface area contributed by atoms with Crippen molar-refractivity contribution in [3.8, 4) is 0 Å². The topological polar surface area (TPSA) is 86.8 Å². The SMILES string of the molecule is CCN(CC)C(=O)c1ccccc1NC(=O)c1cc(S(=O)(=O)N2CCCCCC2)ccc1Cl. The molecule has 1 N–H and O–H groups in total. The largest absolute Gasteiger partial charge is 0.339 e. The van der Waals surface area contributed by atoms with E-state index >= 15 is 0 Å². The van der Waals surface area contributed by atoms with Gasteiger partial charge in [0.25, 0.3) is 11.8 Å². The van der Waals surface area contributed by atoms with Gasteiger partial charge in [-0.3, -0.25) is 9.59 Å². The number of hydrogen-bond acceptors (Lipinski definition) is 4. The van der Waals surface area contributed by atoms with Crippen LogP contribution >= 0.6 is 11.6 Å². The molecule has 0 bridgehead atoms. The Hall–Kier alpha value is -2.42. The van der Waals surface area contributed by atoms with Crippen molar-refractivity contribution in [2.45, 2.75) is 44.4 Å². The van der Waals surface area contributed by atoms with Crippen molar-refractivity contribution in [2.75, 3.05) is 31.5 Å². The second-order valence-electron chi connectivity index (χ2n) is 7.94. The van der Waals surface area contributed by atoms with Crippen LogP contribution in [0.3, 0.4) is 0 Å². The molecule has 33 heavy (non-hydrogen) atoms.